The van der Waals surface area contributed by atoms with Crippen molar-refractivity contribution in [2.24, 2.45) is 23.7 Å². The lowest BCUT2D eigenvalue weighted by Crippen LogP contribution is -2.58. The van der Waals surface area contributed by atoms with Gasteiger partial charge in [0.15, 0.2) is 0 Å². The van der Waals surface area contributed by atoms with Crippen LogP contribution in [-0.4, -0.2) is 45.4 Å². The summed E-state index contributed by atoms with van der Waals surface area (Å²) in [4.78, 5) is 39.9. The van der Waals surface area contributed by atoms with Crippen LogP contribution in [0.1, 0.15) is 25.6 Å². The molecule has 1 aromatic heterocycles. The Hall–Kier alpha value is -2.41. The molecule has 3 fully saturated rings. The molecule has 0 saturated carbocycles. The summed E-state index contributed by atoms with van der Waals surface area (Å²) in [5, 5.41) is 9.68. The average molecular weight is 357 g/mol. The molecule has 0 aliphatic carbocycles. The summed E-state index contributed by atoms with van der Waals surface area (Å²) < 4.78 is 11.6. The first kappa shape index (κ1) is 15.8. The van der Waals surface area contributed by atoms with Crippen LogP contribution in [0.2, 0.25) is 0 Å². The number of hydrogen-bond donors (Lipinski definition) is 1. The van der Waals surface area contributed by atoms with E-state index >= 15 is 0 Å². The quantitative estimate of drug-likeness (QED) is 0.804. The van der Waals surface area contributed by atoms with Gasteiger partial charge in [-0.05, 0) is 12.1 Å². The first-order valence-electron chi connectivity index (χ1n) is 8.88. The van der Waals surface area contributed by atoms with Crippen LogP contribution >= 0.6 is 0 Å². The van der Waals surface area contributed by atoms with Crippen molar-refractivity contribution in [1.82, 2.24) is 4.90 Å². The Bertz CT molecular complexity index is 844. The lowest BCUT2D eigenvalue weighted by molar-refractivity contribution is -0.156. The minimum atomic E-state index is -1.05. The van der Waals surface area contributed by atoms with E-state index in [4.69, 9.17) is 9.15 Å². The van der Waals surface area contributed by atoms with E-state index in [1.165, 1.54) is 6.26 Å². The van der Waals surface area contributed by atoms with Crippen molar-refractivity contribution in [2.45, 2.75) is 37.6 Å². The molecule has 1 spiro atoms. The van der Waals surface area contributed by atoms with Crippen LogP contribution < -0.4 is 0 Å². The van der Waals surface area contributed by atoms with Crippen LogP contribution in [0.4, 0.5) is 0 Å². The second-order valence-corrected chi connectivity index (χ2v) is 7.77. The van der Waals surface area contributed by atoms with Crippen molar-refractivity contribution in [3.05, 3.63) is 36.3 Å². The summed E-state index contributed by atoms with van der Waals surface area (Å²) in [5.74, 6) is -3.33. The van der Waals surface area contributed by atoms with Crippen LogP contribution in [0.5, 0.6) is 0 Å². The number of hydrogen-bond acceptors (Lipinski definition) is 5. The van der Waals surface area contributed by atoms with Gasteiger partial charge in [0.25, 0.3) is 0 Å². The van der Waals surface area contributed by atoms with Crippen LogP contribution in [0.25, 0.3) is 0 Å². The minimum Gasteiger partial charge on any atom is -0.481 e. The molecule has 4 aliphatic heterocycles. The smallest absolute Gasteiger partial charge is 0.310 e. The van der Waals surface area contributed by atoms with E-state index in [0.717, 1.165) is 0 Å². The molecule has 0 aromatic carbocycles. The summed E-state index contributed by atoms with van der Waals surface area (Å²) in [6.07, 6.45) is 4.43. The molecule has 0 radical (unpaired) electrons. The third-order valence-corrected chi connectivity index (χ3v) is 6.63. The molecule has 1 N–H and O–H groups in total. The van der Waals surface area contributed by atoms with Gasteiger partial charge in [0, 0.05) is 11.8 Å². The number of carbonyl (C=O) groups excluding carboxylic acids is 2. The van der Waals surface area contributed by atoms with Gasteiger partial charge >= 0.3 is 5.97 Å². The minimum absolute atomic E-state index is 0.0368. The highest BCUT2D eigenvalue weighted by atomic mass is 16.5. The fourth-order valence-electron chi connectivity index (χ4n) is 5.65. The summed E-state index contributed by atoms with van der Waals surface area (Å²) in [5.41, 5.74) is -1.05. The molecule has 8 atom stereocenters. The van der Waals surface area contributed by atoms with E-state index in [0.29, 0.717) is 5.76 Å². The molecule has 1 amide bonds. The van der Waals surface area contributed by atoms with E-state index in [9.17, 15) is 19.5 Å². The van der Waals surface area contributed by atoms with Gasteiger partial charge in [-0.15, -0.1) is 0 Å². The Balaban J connectivity index is 1.69. The third kappa shape index (κ3) is 1.60. The maximum Gasteiger partial charge on any atom is 0.310 e. The number of aliphatic carboxylic acids is 1. The normalized spacial score (nSPS) is 45.9. The maximum absolute atomic E-state index is 13.4. The number of furan rings is 1. The molecule has 5 heterocycles. The molecule has 1 aromatic rings. The standard InChI is InChI=1S/C19H19NO6/c1-8-14(11-4-3-7-25-11)20-16(9(2)15(8)21)19-6-5-10(26-19)12(18(23)24)13(19)17(20)22/h3-10,12-14,16H,1-2H3,(H,23,24)/t8-,9-,10+,12+,13-,14-,16-,19-/m0/s1. The second-order valence-electron chi connectivity index (χ2n) is 7.77. The van der Waals surface area contributed by atoms with Gasteiger partial charge in [-0.25, -0.2) is 0 Å². The van der Waals surface area contributed by atoms with Gasteiger partial charge in [0.1, 0.15) is 23.1 Å². The predicted octanol–water partition coefficient (Wildman–Crippen LogP) is 1.41. The summed E-state index contributed by atoms with van der Waals surface area (Å²) >= 11 is 0. The number of carbonyl (C=O) groups is 3. The van der Waals surface area contributed by atoms with Gasteiger partial charge in [-0.3, -0.25) is 14.4 Å². The monoisotopic (exact) mass is 357 g/mol. The summed E-state index contributed by atoms with van der Waals surface area (Å²) in [7, 11) is 0. The number of Topliss-reactive ketones (excluding diaryl/α,β-unsaturated/α-hetero) is 1. The zero-order valence-electron chi connectivity index (χ0n) is 14.4. The zero-order valence-corrected chi connectivity index (χ0v) is 14.4. The lowest BCUT2D eigenvalue weighted by Gasteiger charge is -2.46. The number of rotatable bonds is 2. The van der Waals surface area contributed by atoms with Gasteiger partial charge in [0.2, 0.25) is 5.91 Å². The fourth-order valence-corrected chi connectivity index (χ4v) is 5.65. The molecule has 2 bridgehead atoms. The van der Waals surface area contributed by atoms with E-state index in [-0.39, 0.29) is 11.7 Å². The molecule has 7 heteroatoms. The highest BCUT2D eigenvalue weighted by Gasteiger charge is 2.75. The Morgan fingerprint density at radius 2 is 2.04 bits per heavy atom. The van der Waals surface area contributed by atoms with Crippen LogP contribution in [0, 0.1) is 23.7 Å². The molecule has 5 rings (SSSR count). The van der Waals surface area contributed by atoms with E-state index in [1.54, 1.807) is 37.0 Å². The Morgan fingerprint density at radius 3 is 2.69 bits per heavy atom. The summed E-state index contributed by atoms with van der Waals surface area (Å²) in [6, 6.07) is 2.41. The van der Waals surface area contributed by atoms with Crippen molar-refractivity contribution < 1.29 is 28.6 Å². The van der Waals surface area contributed by atoms with E-state index in [2.05, 4.69) is 0 Å². The van der Waals surface area contributed by atoms with Gasteiger partial charge < -0.3 is 19.2 Å². The van der Waals surface area contributed by atoms with Crippen LogP contribution in [-0.2, 0) is 19.1 Å². The van der Waals surface area contributed by atoms with Crippen molar-refractivity contribution >= 4 is 17.7 Å². The number of fused-ring (bicyclic) bond motifs is 2. The first-order valence-corrected chi connectivity index (χ1v) is 8.88. The van der Waals surface area contributed by atoms with Gasteiger partial charge in [-0.1, -0.05) is 26.0 Å². The van der Waals surface area contributed by atoms with Crippen molar-refractivity contribution in [3.63, 3.8) is 0 Å². The zero-order chi connectivity index (χ0) is 18.4. The molecule has 136 valence electrons. The number of amides is 1. The first-order chi connectivity index (χ1) is 12.4. The third-order valence-electron chi connectivity index (χ3n) is 6.63. The molecule has 7 nitrogen and oxygen atoms in total. The maximum atomic E-state index is 13.4. The topological polar surface area (TPSA) is 97.1 Å². The Morgan fingerprint density at radius 1 is 1.27 bits per heavy atom. The van der Waals surface area contributed by atoms with Crippen LogP contribution in [0.3, 0.4) is 0 Å². The largest absolute Gasteiger partial charge is 0.481 e. The molecular weight excluding hydrogens is 338 g/mol. The van der Waals surface area contributed by atoms with Gasteiger partial charge in [-0.2, -0.15) is 0 Å². The van der Waals surface area contributed by atoms with Crippen molar-refractivity contribution in [1.29, 1.82) is 0 Å². The molecular formula is C19H19NO6. The number of nitrogens with zero attached hydrogens (tertiary/aromatic N) is 1. The number of carboxylic acid groups (broad SMARTS) is 1. The molecule has 0 unspecified atom stereocenters. The lowest BCUT2D eigenvalue weighted by atomic mass is 9.69. The van der Waals surface area contributed by atoms with Crippen molar-refractivity contribution in [3.8, 4) is 0 Å². The van der Waals surface area contributed by atoms with Crippen LogP contribution in [0.15, 0.2) is 35.0 Å². The predicted molar refractivity (Wildman–Crippen MR) is 86.8 cm³/mol. The molecule has 4 aliphatic rings. The number of carboxylic acids is 1. The number of ketones is 1. The Kier molecular flexibility index (Phi) is 2.95. The molecule has 26 heavy (non-hydrogen) atoms. The highest BCUT2D eigenvalue weighted by molar-refractivity contribution is 5.96. The van der Waals surface area contributed by atoms with Crippen molar-refractivity contribution in [2.75, 3.05) is 0 Å². The number of piperidine rings is 1. The number of ether oxygens (including phenoxy) is 1. The highest BCUT2D eigenvalue weighted by Crippen LogP contribution is 2.60. The SMILES string of the molecule is C[C@@H]1C(=O)[C@H](C)[C@@H]2N(C(=O)[C@@H]3[C@H](C(=O)O)[C@H]4C=C[C@]32O4)[C@@H]1c1ccco1. The molecule has 3 saturated heterocycles. The summed E-state index contributed by atoms with van der Waals surface area (Å²) in [6.45, 7) is 3.60. The average Bonchev–Trinajstić information content (AvgIpc) is 3.35. The van der Waals surface area contributed by atoms with E-state index < -0.39 is 53.4 Å². The van der Waals surface area contributed by atoms with E-state index in [1.807, 2.05) is 6.08 Å². The fraction of sp³-hybridized carbons (Fsp3) is 0.526. The van der Waals surface area contributed by atoms with Gasteiger partial charge in [0.05, 0.1) is 30.4 Å². The second kappa shape index (κ2) is 4.85. The Labute approximate surface area is 149 Å².